The summed E-state index contributed by atoms with van der Waals surface area (Å²) in [7, 11) is 3.18. The van der Waals surface area contributed by atoms with E-state index in [2.05, 4.69) is 5.32 Å². The summed E-state index contributed by atoms with van der Waals surface area (Å²) in [5.74, 6) is 0.194. The number of fused-ring (bicyclic) bond motifs is 1. The van der Waals surface area contributed by atoms with Gasteiger partial charge >= 0.3 is 5.97 Å². The smallest absolute Gasteiger partial charge is 0.354 e. The minimum absolute atomic E-state index is 0.242. The maximum Gasteiger partial charge on any atom is 0.354 e. The lowest BCUT2D eigenvalue weighted by atomic mass is 10.0. The molecule has 1 aliphatic heterocycles. The van der Waals surface area contributed by atoms with E-state index in [1.54, 1.807) is 23.1 Å². The molecule has 0 atom stereocenters. The van der Waals surface area contributed by atoms with E-state index in [0.29, 0.717) is 23.6 Å². The van der Waals surface area contributed by atoms with E-state index in [4.69, 9.17) is 9.15 Å². The summed E-state index contributed by atoms with van der Waals surface area (Å²) in [5.41, 5.74) is 3.98. The zero-order valence-corrected chi connectivity index (χ0v) is 16.1. The number of rotatable bonds is 4. The zero-order valence-electron chi connectivity index (χ0n) is 16.1. The molecule has 0 bridgehead atoms. The first-order chi connectivity index (χ1) is 14.1. The Balaban J connectivity index is 1.50. The number of likely N-dealkylation sites (N-methyl/N-ethyl adjacent to an activating group) is 1. The van der Waals surface area contributed by atoms with Gasteiger partial charge in [0.25, 0.3) is 5.91 Å². The van der Waals surface area contributed by atoms with Crippen molar-refractivity contribution in [2.45, 2.75) is 6.42 Å². The number of nitrogens with zero attached hydrogens (tertiary/aromatic N) is 1. The topological polar surface area (TPSA) is 71.8 Å². The Bertz CT molecular complexity index is 1100. The van der Waals surface area contributed by atoms with Crippen LogP contribution in [-0.2, 0) is 16.0 Å². The number of carbonyl (C=O) groups is 2. The van der Waals surface area contributed by atoms with Gasteiger partial charge in [-0.15, -0.1) is 0 Å². The fourth-order valence-corrected chi connectivity index (χ4v) is 3.36. The van der Waals surface area contributed by atoms with E-state index in [-0.39, 0.29) is 17.6 Å². The van der Waals surface area contributed by atoms with E-state index in [1.807, 2.05) is 55.6 Å². The largest absolute Gasteiger partial charge is 0.464 e. The van der Waals surface area contributed by atoms with Crippen molar-refractivity contribution < 1.29 is 18.7 Å². The summed E-state index contributed by atoms with van der Waals surface area (Å²) in [4.78, 5) is 26.2. The Morgan fingerprint density at radius 1 is 1.07 bits per heavy atom. The third kappa shape index (κ3) is 3.65. The average Bonchev–Trinajstić information content (AvgIpc) is 3.25. The number of anilines is 2. The maximum atomic E-state index is 12.6. The Morgan fingerprint density at radius 2 is 1.86 bits per heavy atom. The Hall–Kier alpha value is -3.80. The van der Waals surface area contributed by atoms with Crippen molar-refractivity contribution >= 4 is 23.3 Å². The standard InChI is InChI=1S/C23H20N2O4/c1-25-18-11-9-17(14-16(18)8-10-19(25)23(27)28-2)24-22(26)21-13-12-20(29-21)15-6-4-3-5-7-15/h3-7,9-14H,8H2,1-2H3,(H,24,26). The molecule has 6 nitrogen and oxygen atoms in total. The van der Waals surface area contributed by atoms with Crippen molar-refractivity contribution in [2.24, 2.45) is 0 Å². The van der Waals surface area contributed by atoms with Crippen LogP contribution >= 0.6 is 0 Å². The molecule has 3 aromatic rings. The number of hydrogen-bond acceptors (Lipinski definition) is 5. The van der Waals surface area contributed by atoms with Crippen molar-refractivity contribution in [2.75, 3.05) is 24.4 Å². The molecule has 0 unspecified atom stereocenters. The summed E-state index contributed by atoms with van der Waals surface area (Å²) < 4.78 is 10.5. The van der Waals surface area contributed by atoms with Crippen LogP contribution in [0.25, 0.3) is 11.3 Å². The van der Waals surface area contributed by atoms with Crippen LogP contribution in [0.15, 0.2) is 76.9 Å². The van der Waals surface area contributed by atoms with Crippen LogP contribution < -0.4 is 10.2 Å². The van der Waals surface area contributed by atoms with Crippen LogP contribution in [-0.4, -0.2) is 26.0 Å². The third-order valence-electron chi connectivity index (χ3n) is 4.86. The van der Waals surface area contributed by atoms with Gasteiger partial charge in [-0.2, -0.15) is 0 Å². The molecular weight excluding hydrogens is 368 g/mol. The molecule has 0 saturated carbocycles. The van der Waals surface area contributed by atoms with Gasteiger partial charge in [-0.25, -0.2) is 4.79 Å². The molecule has 6 heteroatoms. The summed E-state index contributed by atoms with van der Waals surface area (Å²) in [6.45, 7) is 0. The lowest BCUT2D eigenvalue weighted by molar-refractivity contribution is -0.136. The molecule has 0 radical (unpaired) electrons. The molecule has 1 aliphatic rings. The predicted molar refractivity (Wildman–Crippen MR) is 111 cm³/mol. The minimum atomic E-state index is -0.373. The second-order valence-corrected chi connectivity index (χ2v) is 6.67. The molecule has 0 aliphatic carbocycles. The van der Waals surface area contributed by atoms with Crippen LogP contribution in [0.2, 0.25) is 0 Å². The molecule has 0 saturated heterocycles. The van der Waals surface area contributed by atoms with Crippen LogP contribution in [0.1, 0.15) is 16.1 Å². The molecular formula is C23H20N2O4. The lowest BCUT2D eigenvalue weighted by Crippen LogP contribution is -2.27. The normalized spacial score (nSPS) is 12.8. The van der Waals surface area contributed by atoms with E-state index >= 15 is 0 Å². The van der Waals surface area contributed by atoms with E-state index in [0.717, 1.165) is 16.8 Å². The van der Waals surface area contributed by atoms with Crippen LogP contribution in [0.4, 0.5) is 11.4 Å². The monoisotopic (exact) mass is 388 g/mol. The van der Waals surface area contributed by atoms with Crippen molar-refractivity contribution in [3.8, 4) is 11.3 Å². The molecule has 2 heterocycles. The van der Waals surface area contributed by atoms with Crippen molar-refractivity contribution in [1.29, 1.82) is 0 Å². The highest BCUT2D eigenvalue weighted by Gasteiger charge is 2.23. The lowest BCUT2D eigenvalue weighted by Gasteiger charge is -2.27. The number of benzene rings is 2. The Kier molecular flexibility index (Phi) is 4.91. The SMILES string of the molecule is COC(=O)C1=CCc2cc(NC(=O)c3ccc(-c4ccccc4)o3)ccc2N1C. The predicted octanol–water partition coefficient (Wildman–Crippen LogP) is 4.25. The molecule has 1 aromatic heterocycles. The number of carbonyl (C=O) groups excluding carboxylic acids is 2. The number of allylic oxidation sites excluding steroid dienone is 1. The average molecular weight is 388 g/mol. The molecule has 2 aromatic carbocycles. The molecule has 4 rings (SSSR count). The molecule has 146 valence electrons. The first kappa shape index (κ1) is 18.6. The number of nitrogens with one attached hydrogen (secondary N) is 1. The summed E-state index contributed by atoms with van der Waals surface area (Å²) in [6.07, 6.45) is 2.39. The first-order valence-corrected chi connectivity index (χ1v) is 9.18. The van der Waals surface area contributed by atoms with Crippen molar-refractivity contribution in [3.63, 3.8) is 0 Å². The second kappa shape index (κ2) is 7.67. The van der Waals surface area contributed by atoms with E-state index in [1.165, 1.54) is 7.11 Å². The fraction of sp³-hybridized carbons (Fsp3) is 0.130. The third-order valence-corrected chi connectivity index (χ3v) is 4.86. The van der Waals surface area contributed by atoms with Gasteiger partial charge in [-0.3, -0.25) is 4.79 Å². The number of amides is 1. The maximum absolute atomic E-state index is 12.6. The Labute approximate surface area is 168 Å². The van der Waals surface area contributed by atoms with Crippen molar-refractivity contribution in [3.05, 3.63) is 83.8 Å². The number of furan rings is 1. The molecule has 29 heavy (non-hydrogen) atoms. The molecule has 1 N–H and O–H groups in total. The highest BCUT2D eigenvalue weighted by molar-refractivity contribution is 6.03. The number of hydrogen-bond donors (Lipinski definition) is 1. The summed E-state index contributed by atoms with van der Waals surface area (Å²) >= 11 is 0. The van der Waals surface area contributed by atoms with E-state index in [9.17, 15) is 9.59 Å². The minimum Gasteiger partial charge on any atom is -0.464 e. The van der Waals surface area contributed by atoms with Gasteiger partial charge in [-0.1, -0.05) is 30.3 Å². The van der Waals surface area contributed by atoms with Gasteiger partial charge in [-0.05, 0) is 48.4 Å². The van der Waals surface area contributed by atoms with Gasteiger partial charge in [0.15, 0.2) is 5.76 Å². The molecule has 0 spiro atoms. The fourth-order valence-electron chi connectivity index (χ4n) is 3.36. The highest BCUT2D eigenvalue weighted by atomic mass is 16.5. The number of esters is 1. The molecule has 1 amide bonds. The second-order valence-electron chi connectivity index (χ2n) is 6.67. The first-order valence-electron chi connectivity index (χ1n) is 9.18. The zero-order chi connectivity index (χ0) is 20.4. The van der Waals surface area contributed by atoms with Gasteiger partial charge in [0.05, 0.1) is 7.11 Å². The van der Waals surface area contributed by atoms with Gasteiger partial charge < -0.3 is 19.4 Å². The summed E-state index contributed by atoms with van der Waals surface area (Å²) in [5, 5.41) is 2.87. The van der Waals surface area contributed by atoms with Crippen molar-refractivity contribution in [1.82, 2.24) is 0 Å². The molecule has 0 fully saturated rings. The Morgan fingerprint density at radius 3 is 2.62 bits per heavy atom. The van der Waals surface area contributed by atoms with E-state index < -0.39 is 0 Å². The summed E-state index contributed by atoms with van der Waals surface area (Å²) in [6, 6.07) is 18.6. The number of ether oxygens (including phenoxy) is 1. The van der Waals surface area contributed by atoms with Gasteiger partial charge in [0.1, 0.15) is 11.5 Å². The van der Waals surface area contributed by atoms with Crippen LogP contribution in [0.3, 0.4) is 0 Å². The number of methoxy groups -OCH3 is 1. The van der Waals surface area contributed by atoms with Gasteiger partial charge in [0.2, 0.25) is 0 Å². The van der Waals surface area contributed by atoms with Crippen LogP contribution in [0, 0.1) is 0 Å². The quantitative estimate of drug-likeness (QED) is 0.677. The highest BCUT2D eigenvalue weighted by Crippen LogP contribution is 2.31. The van der Waals surface area contributed by atoms with Crippen LogP contribution in [0.5, 0.6) is 0 Å². The van der Waals surface area contributed by atoms with Gasteiger partial charge in [0, 0.05) is 24.0 Å².